The van der Waals surface area contributed by atoms with Crippen LogP contribution in [0, 0.1) is 6.92 Å². The van der Waals surface area contributed by atoms with Gasteiger partial charge in [-0.2, -0.15) is 0 Å². The lowest BCUT2D eigenvalue weighted by Gasteiger charge is -2.08. The van der Waals surface area contributed by atoms with Crippen LogP contribution >= 0.6 is 11.6 Å². The van der Waals surface area contributed by atoms with Crippen LogP contribution < -0.4 is 5.32 Å². The van der Waals surface area contributed by atoms with E-state index in [1.807, 2.05) is 31.2 Å². The second-order valence-corrected chi connectivity index (χ2v) is 5.49. The fourth-order valence-electron chi connectivity index (χ4n) is 2.07. The molecule has 0 aliphatic heterocycles. The van der Waals surface area contributed by atoms with Crippen LogP contribution in [0.4, 0.5) is 5.69 Å². The van der Waals surface area contributed by atoms with Gasteiger partial charge in [0, 0.05) is 11.4 Å². The van der Waals surface area contributed by atoms with Crippen molar-refractivity contribution in [2.45, 2.75) is 26.2 Å². The van der Waals surface area contributed by atoms with Gasteiger partial charge in [0.1, 0.15) is 5.75 Å². The van der Waals surface area contributed by atoms with Crippen LogP contribution in [-0.2, 0) is 11.2 Å². The highest BCUT2D eigenvalue weighted by molar-refractivity contribution is 6.30. The van der Waals surface area contributed by atoms with Crippen LogP contribution in [0.15, 0.2) is 42.5 Å². The zero-order valence-electron chi connectivity index (χ0n) is 11.9. The molecule has 0 spiro atoms. The first kappa shape index (κ1) is 15.4. The van der Waals surface area contributed by atoms with Gasteiger partial charge in [0.15, 0.2) is 0 Å². The molecule has 0 heterocycles. The monoisotopic (exact) mass is 303 g/mol. The van der Waals surface area contributed by atoms with Gasteiger partial charge in [-0.3, -0.25) is 4.79 Å². The van der Waals surface area contributed by atoms with Crippen molar-refractivity contribution in [2.24, 2.45) is 0 Å². The molecule has 0 aromatic heterocycles. The lowest BCUT2D eigenvalue weighted by molar-refractivity contribution is -0.116. The summed E-state index contributed by atoms with van der Waals surface area (Å²) in [5.41, 5.74) is 2.61. The molecule has 0 atom stereocenters. The van der Waals surface area contributed by atoms with E-state index >= 15 is 0 Å². The third-order valence-electron chi connectivity index (χ3n) is 3.21. The third kappa shape index (κ3) is 4.80. The minimum Gasteiger partial charge on any atom is -0.506 e. The molecule has 0 radical (unpaired) electrons. The molecule has 3 nitrogen and oxygen atoms in total. The van der Waals surface area contributed by atoms with Crippen LogP contribution in [0.1, 0.15) is 24.0 Å². The Morgan fingerprint density at radius 3 is 2.62 bits per heavy atom. The van der Waals surface area contributed by atoms with Crippen molar-refractivity contribution >= 4 is 23.2 Å². The Labute approximate surface area is 129 Å². The minimum atomic E-state index is -0.0927. The molecule has 0 aliphatic carbocycles. The normalized spacial score (nSPS) is 10.4. The van der Waals surface area contributed by atoms with Gasteiger partial charge in [-0.25, -0.2) is 0 Å². The number of carbonyl (C=O) groups excluding carboxylic acids is 1. The molecule has 2 rings (SSSR count). The molecule has 21 heavy (non-hydrogen) atoms. The van der Waals surface area contributed by atoms with E-state index in [2.05, 4.69) is 5.32 Å². The van der Waals surface area contributed by atoms with Crippen LogP contribution in [0.5, 0.6) is 5.75 Å². The summed E-state index contributed by atoms with van der Waals surface area (Å²) in [6, 6.07) is 12.8. The van der Waals surface area contributed by atoms with Gasteiger partial charge in [-0.05, 0) is 55.2 Å². The highest BCUT2D eigenvalue weighted by atomic mass is 35.5. The van der Waals surface area contributed by atoms with Crippen molar-refractivity contribution in [2.75, 3.05) is 5.32 Å². The van der Waals surface area contributed by atoms with E-state index in [0.717, 1.165) is 24.0 Å². The number of aryl methyl sites for hydroxylation is 2. The van der Waals surface area contributed by atoms with Gasteiger partial charge in [0.25, 0.3) is 0 Å². The Balaban J connectivity index is 1.82. The van der Waals surface area contributed by atoms with Gasteiger partial charge in [-0.15, -0.1) is 0 Å². The second-order valence-electron chi connectivity index (χ2n) is 5.05. The molecule has 110 valence electrons. The summed E-state index contributed by atoms with van der Waals surface area (Å²) >= 11 is 5.83. The molecule has 2 aromatic carbocycles. The SMILES string of the molecule is Cc1ccc(O)c(NC(=O)CCCc2ccc(Cl)cc2)c1. The highest BCUT2D eigenvalue weighted by Gasteiger charge is 2.06. The quantitative estimate of drug-likeness (QED) is 0.808. The third-order valence-corrected chi connectivity index (χ3v) is 3.46. The van der Waals surface area contributed by atoms with E-state index in [-0.39, 0.29) is 11.7 Å². The van der Waals surface area contributed by atoms with Gasteiger partial charge < -0.3 is 10.4 Å². The number of hydrogen-bond donors (Lipinski definition) is 2. The van der Waals surface area contributed by atoms with Crippen molar-refractivity contribution in [3.05, 3.63) is 58.6 Å². The summed E-state index contributed by atoms with van der Waals surface area (Å²) in [6.07, 6.45) is 1.99. The first-order valence-electron chi connectivity index (χ1n) is 6.88. The van der Waals surface area contributed by atoms with Crippen LogP contribution in [-0.4, -0.2) is 11.0 Å². The lowest BCUT2D eigenvalue weighted by Crippen LogP contribution is -2.11. The summed E-state index contributed by atoms with van der Waals surface area (Å²) in [5.74, 6) is -0.00323. The Morgan fingerprint density at radius 1 is 1.19 bits per heavy atom. The Bertz CT molecular complexity index is 623. The maximum atomic E-state index is 11.9. The zero-order valence-corrected chi connectivity index (χ0v) is 12.7. The van der Waals surface area contributed by atoms with E-state index < -0.39 is 0 Å². The number of halogens is 1. The van der Waals surface area contributed by atoms with E-state index in [1.165, 1.54) is 0 Å². The number of benzene rings is 2. The predicted molar refractivity (Wildman–Crippen MR) is 85.9 cm³/mol. The van der Waals surface area contributed by atoms with E-state index in [4.69, 9.17) is 11.6 Å². The van der Waals surface area contributed by atoms with Gasteiger partial charge in [0.05, 0.1) is 5.69 Å². The molecule has 2 N–H and O–H groups in total. The number of nitrogens with one attached hydrogen (secondary N) is 1. The van der Waals surface area contributed by atoms with Gasteiger partial charge >= 0.3 is 0 Å². The van der Waals surface area contributed by atoms with E-state index in [9.17, 15) is 9.90 Å². The molecular weight excluding hydrogens is 286 g/mol. The van der Waals surface area contributed by atoms with Crippen molar-refractivity contribution in [1.82, 2.24) is 0 Å². The molecule has 4 heteroatoms. The number of amides is 1. The van der Waals surface area contributed by atoms with Crippen molar-refractivity contribution in [3.8, 4) is 5.75 Å². The maximum absolute atomic E-state index is 11.9. The number of aromatic hydroxyl groups is 1. The molecule has 0 saturated carbocycles. The van der Waals surface area contributed by atoms with Gasteiger partial charge in [-0.1, -0.05) is 29.8 Å². The largest absolute Gasteiger partial charge is 0.506 e. The standard InChI is InChI=1S/C17H18ClNO2/c1-12-5-10-16(20)15(11-12)19-17(21)4-2-3-13-6-8-14(18)9-7-13/h5-11,20H,2-4H2,1H3,(H,19,21). The maximum Gasteiger partial charge on any atom is 0.224 e. The topological polar surface area (TPSA) is 49.3 Å². The molecule has 0 aliphatic rings. The second kappa shape index (κ2) is 7.14. The fraction of sp³-hybridized carbons (Fsp3) is 0.235. The Morgan fingerprint density at radius 2 is 1.90 bits per heavy atom. The number of hydrogen-bond acceptors (Lipinski definition) is 2. The summed E-state index contributed by atoms with van der Waals surface area (Å²) in [6.45, 7) is 1.91. The molecule has 0 unspecified atom stereocenters. The highest BCUT2D eigenvalue weighted by Crippen LogP contribution is 2.24. The average molecular weight is 304 g/mol. The lowest BCUT2D eigenvalue weighted by atomic mass is 10.1. The number of phenols is 1. The Hall–Kier alpha value is -2.00. The average Bonchev–Trinajstić information content (AvgIpc) is 2.45. The Kier molecular flexibility index (Phi) is 5.23. The van der Waals surface area contributed by atoms with Crippen LogP contribution in [0.3, 0.4) is 0 Å². The number of phenolic OH excluding ortho intramolecular Hbond substituents is 1. The predicted octanol–water partition coefficient (Wildman–Crippen LogP) is 4.32. The van der Waals surface area contributed by atoms with E-state index in [1.54, 1.807) is 18.2 Å². The first-order valence-corrected chi connectivity index (χ1v) is 7.26. The number of anilines is 1. The number of carbonyl (C=O) groups is 1. The number of rotatable bonds is 5. The first-order chi connectivity index (χ1) is 10.0. The van der Waals surface area contributed by atoms with Crippen molar-refractivity contribution in [1.29, 1.82) is 0 Å². The fourth-order valence-corrected chi connectivity index (χ4v) is 2.19. The smallest absolute Gasteiger partial charge is 0.224 e. The summed E-state index contributed by atoms with van der Waals surface area (Å²) in [5, 5.41) is 13.1. The molecular formula is C17H18ClNO2. The molecule has 2 aromatic rings. The molecule has 0 saturated heterocycles. The van der Waals surface area contributed by atoms with Crippen LogP contribution in [0.2, 0.25) is 5.02 Å². The summed E-state index contributed by atoms with van der Waals surface area (Å²) in [7, 11) is 0. The minimum absolute atomic E-state index is 0.0895. The van der Waals surface area contributed by atoms with Crippen molar-refractivity contribution in [3.63, 3.8) is 0 Å². The molecule has 0 bridgehead atoms. The molecule has 1 amide bonds. The molecule has 0 fully saturated rings. The van der Waals surface area contributed by atoms with Gasteiger partial charge in [0.2, 0.25) is 5.91 Å². The van der Waals surface area contributed by atoms with Crippen molar-refractivity contribution < 1.29 is 9.90 Å². The van der Waals surface area contributed by atoms with E-state index in [0.29, 0.717) is 17.1 Å². The van der Waals surface area contributed by atoms with Crippen LogP contribution in [0.25, 0.3) is 0 Å². The summed E-state index contributed by atoms with van der Waals surface area (Å²) in [4.78, 5) is 11.9. The summed E-state index contributed by atoms with van der Waals surface area (Å²) < 4.78 is 0. The zero-order chi connectivity index (χ0) is 15.2.